The number of nitrogens with zero attached hydrogens (tertiary/aromatic N) is 1. The lowest BCUT2D eigenvalue weighted by molar-refractivity contribution is 1.13. The van der Waals surface area contributed by atoms with Gasteiger partial charge < -0.3 is 0 Å². The Balaban J connectivity index is 3.22. The van der Waals surface area contributed by atoms with Crippen LogP contribution < -0.4 is 0 Å². The summed E-state index contributed by atoms with van der Waals surface area (Å²) < 4.78 is 0. The van der Waals surface area contributed by atoms with E-state index in [9.17, 15) is 0 Å². The molecule has 1 rings (SSSR count). The number of allylic oxidation sites excluding steroid dienone is 2. The highest BCUT2D eigenvalue weighted by Gasteiger charge is 2.02. The van der Waals surface area contributed by atoms with E-state index in [0.29, 0.717) is 0 Å². The van der Waals surface area contributed by atoms with Gasteiger partial charge in [0.2, 0.25) is 0 Å². The van der Waals surface area contributed by atoms with Crippen molar-refractivity contribution in [3.63, 3.8) is 0 Å². The molecule has 1 heteroatoms. The summed E-state index contributed by atoms with van der Waals surface area (Å²) in [4.78, 5) is 4.45. The van der Waals surface area contributed by atoms with E-state index >= 15 is 0 Å². The van der Waals surface area contributed by atoms with E-state index < -0.39 is 0 Å². The van der Waals surface area contributed by atoms with Gasteiger partial charge in [-0.1, -0.05) is 24.1 Å². The third-order valence-corrected chi connectivity index (χ3v) is 2.34. The standard InChI is InChI=1S/C15H17N/c1-5-8-15(16-7-3)14-10-9-12(4)13(6-2)11-14/h2,5,8-11H,7H2,1,3-4H3/b8-5-,16-15?. The van der Waals surface area contributed by atoms with Crippen LogP contribution in [0.3, 0.4) is 0 Å². The first-order valence-electron chi connectivity index (χ1n) is 5.47. The van der Waals surface area contributed by atoms with Crippen molar-refractivity contribution in [2.24, 2.45) is 4.99 Å². The lowest BCUT2D eigenvalue weighted by Gasteiger charge is -2.04. The van der Waals surface area contributed by atoms with Gasteiger partial charge in [-0.3, -0.25) is 4.99 Å². The van der Waals surface area contributed by atoms with Crippen LogP contribution in [0.1, 0.15) is 30.5 Å². The van der Waals surface area contributed by atoms with Gasteiger partial charge in [-0.2, -0.15) is 0 Å². The summed E-state index contributed by atoms with van der Waals surface area (Å²) in [7, 11) is 0. The zero-order valence-corrected chi connectivity index (χ0v) is 10.1. The highest BCUT2D eigenvalue weighted by Crippen LogP contribution is 2.11. The molecular weight excluding hydrogens is 194 g/mol. The molecule has 0 fully saturated rings. The SMILES string of the molecule is C#Cc1cc(C(/C=C\C)=NCC)ccc1C. The normalized spacial score (nSPS) is 11.8. The molecule has 0 aliphatic heterocycles. The number of benzene rings is 1. The Morgan fingerprint density at radius 1 is 1.50 bits per heavy atom. The zero-order chi connectivity index (χ0) is 12.0. The van der Waals surface area contributed by atoms with Crippen LogP contribution in [0.25, 0.3) is 0 Å². The Hall–Kier alpha value is -1.81. The number of terminal acetylenes is 1. The molecule has 0 N–H and O–H groups in total. The summed E-state index contributed by atoms with van der Waals surface area (Å²) in [6.07, 6.45) is 9.46. The van der Waals surface area contributed by atoms with Crippen molar-refractivity contribution in [2.45, 2.75) is 20.8 Å². The average molecular weight is 211 g/mol. The van der Waals surface area contributed by atoms with E-state index in [0.717, 1.165) is 28.9 Å². The molecule has 1 aromatic carbocycles. The maximum Gasteiger partial charge on any atom is 0.0643 e. The van der Waals surface area contributed by atoms with Crippen molar-refractivity contribution in [1.82, 2.24) is 0 Å². The fourth-order valence-electron chi connectivity index (χ4n) is 1.51. The first-order valence-corrected chi connectivity index (χ1v) is 5.47. The minimum absolute atomic E-state index is 0.777. The lowest BCUT2D eigenvalue weighted by atomic mass is 10.0. The van der Waals surface area contributed by atoms with E-state index in [1.165, 1.54) is 0 Å². The molecule has 0 aromatic heterocycles. The van der Waals surface area contributed by atoms with Crippen LogP contribution in [0.4, 0.5) is 0 Å². The molecule has 0 spiro atoms. The minimum Gasteiger partial charge on any atom is -0.285 e. The topological polar surface area (TPSA) is 12.4 Å². The molecule has 0 atom stereocenters. The Morgan fingerprint density at radius 3 is 2.81 bits per heavy atom. The first kappa shape index (κ1) is 12.3. The number of rotatable bonds is 3. The molecule has 0 aliphatic carbocycles. The zero-order valence-electron chi connectivity index (χ0n) is 10.1. The summed E-state index contributed by atoms with van der Waals surface area (Å²) in [6.45, 7) is 6.81. The van der Waals surface area contributed by atoms with Crippen molar-refractivity contribution < 1.29 is 0 Å². The fourth-order valence-corrected chi connectivity index (χ4v) is 1.51. The van der Waals surface area contributed by atoms with E-state index in [1.807, 2.05) is 45.1 Å². The lowest BCUT2D eigenvalue weighted by Crippen LogP contribution is -1.99. The van der Waals surface area contributed by atoms with Gasteiger partial charge in [0.05, 0.1) is 5.71 Å². The predicted octanol–water partition coefficient (Wildman–Crippen LogP) is 3.36. The van der Waals surface area contributed by atoms with Gasteiger partial charge in [0.25, 0.3) is 0 Å². The third-order valence-electron chi connectivity index (χ3n) is 2.34. The van der Waals surface area contributed by atoms with Crippen molar-refractivity contribution in [1.29, 1.82) is 0 Å². The molecular formula is C15H17N. The van der Waals surface area contributed by atoms with Gasteiger partial charge in [-0.15, -0.1) is 6.42 Å². The minimum atomic E-state index is 0.777. The van der Waals surface area contributed by atoms with E-state index in [1.54, 1.807) is 0 Å². The van der Waals surface area contributed by atoms with Crippen LogP contribution in [-0.4, -0.2) is 12.3 Å². The van der Waals surface area contributed by atoms with Crippen molar-refractivity contribution >= 4 is 5.71 Å². The quantitative estimate of drug-likeness (QED) is 0.537. The van der Waals surface area contributed by atoms with Gasteiger partial charge in [-0.25, -0.2) is 0 Å². The molecule has 0 aliphatic rings. The van der Waals surface area contributed by atoms with E-state index in [4.69, 9.17) is 6.42 Å². The number of aliphatic imine (C=N–C) groups is 1. The molecule has 0 amide bonds. The van der Waals surface area contributed by atoms with Crippen LogP contribution >= 0.6 is 0 Å². The maximum atomic E-state index is 5.46. The van der Waals surface area contributed by atoms with Gasteiger partial charge in [-0.05, 0) is 38.5 Å². The highest BCUT2D eigenvalue weighted by atomic mass is 14.7. The van der Waals surface area contributed by atoms with Crippen LogP contribution in [0, 0.1) is 19.3 Å². The molecule has 0 saturated carbocycles. The van der Waals surface area contributed by atoms with Crippen LogP contribution in [-0.2, 0) is 0 Å². The smallest absolute Gasteiger partial charge is 0.0643 e. The highest BCUT2D eigenvalue weighted by molar-refractivity contribution is 6.08. The molecule has 0 unspecified atom stereocenters. The van der Waals surface area contributed by atoms with Crippen molar-refractivity contribution in [3.8, 4) is 12.3 Å². The Bertz CT molecular complexity index is 459. The van der Waals surface area contributed by atoms with Crippen LogP contribution in [0.2, 0.25) is 0 Å². The molecule has 16 heavy (non-hydrogen) atoms. The summed E-state index contributed by atoms with van der Waals surface area (Å²) >= 11 is 0. The number of aryl methyl sites for hydroxylation is 1. The summed E-state index contributed by atoms with van der Waals surface area (Å²) in [5.74, 6) is 2.70. The van der Waals surface area contributed by atoms with Gasteiger partial charge in [0.15, 0.2) is 0 Å². The van der Waals surface area contributed by atoms with Crippen molar-refractivity contribution in [3.05, 3.63) is 47.0 Å². The molecule has 1 aromatic rings. The Kier molecular flexibility index (Phi) is 4.54. The first-order chi connectivity index (χ1) is 7.72. The molecule has 82 valence electrons. The largest absolute Gasteiger partial charge is 0.285 e. The summed E-state index contributed by atoms with van der Waals surface area (Å²) in [5, 5.41) is 0. The fraction of sp³-hybridized carbons (Fsp3) is 0.267. The van der Waals surface area contributed by atoms with Crippen LogP contribution in [0.5, 0.6) is 0 Å². The number of hydrogen-bond acceptors (Lipinski definition) is 1. The monoisotopic (exact) mass is 211 g/mol. The van der Waals surface area contributed by atoms with E-state index in [-0.39, 0.29) is 0 Å². The van der Waals surface area contributed by atoms with Crippen LogP contribution in [0.15, 0.2) is 35.3 Å². The van der Waals surface area contributed by atoms with Gasteiger partial charge in [0.1, 0.15) is 0 Å². The number of hydrogen-bond donors (Lipinski definition) is 0. The van der Waals surface area contributed by atoms with Gasteiger partial charge in [0, 0.05) is 17.7 Å². The van der Waals surface area contributed by atoms with E-state index in [2.05, 4.69) is 17.0 Å². The molecule has 0 heterocycles. The molecule has 0 bridgehead atoms. The Labute approximate surface area is 97.9 Å². The molecule has 1 nitrogen and oxygen atoms in total. The molecule has 0 radical (unpaired) electrons. The summed E-state index contributed by atoms with van der Waals surface area (Å²) in [6, 6.07) is 6.12. The van der Waals surface area contributed by atoms with Crippen molar-refractivity contribution in [2.75, 3.05) is 6.54 Å². The summed E-state index contributed by atoms with van der Waals surface area (Å²) in [5.41, 5.74) is 4.13. The third kappa shape index (κ3) is 2.84. The van der Waals surface area contributed by atoms with Gasteiger partial charge >= 0.3 is 0 Å². The second-order valence-corrected chi connectivity index (χ2v) is 3.53. The second-order valence-electron chi connectivity index (χ2n) is 3.53. The second kappa shape index (κ2) is 5.92. The Morgan fingerprint density at radius 2 is 2.25 bits per heavy atom. The molecule has 0 saturated heterocycles. The predicted molar refractivity (Wildman–Crippen MR) is 71.0 cm³/mol. The average Bonchev–Trinajstić information content (AvgIpc) is 2.29. The maximum absolute atomic E-state index is 5.46.